The molecule has 1 fully saturated rings. The molecule has 0 N–H and O–H groups in total. The summed E-state index contributed by atoms with van der Waals surface area (Å²) in [5.41, 5.74) is 3.49. The van der Waals surface area contributed by atoms with Crippen LogP contribution in [0.4, 0.5) is 5.95 Å². The third kappa shape index (κ3) is 1.89. The lowest BCUT2D eigenvalue weighted by atomic mass is 10.1. The average molecular weight is 258 g/mol. The molecule has 0 aromatic carbocycles. The highest BCUT2D eigenvalue weighted by molar-refractivity contribution is 5.89. The van der Waals surface area contributed by atoms with Crippen LogP contribution in [-0.4, -0.2) is 34.0 Å². The fraction of sp³-hybridized carbons (Fsp3) is 0.500. The molecule has 0 aliphatic carbocycles. The zero-order valence-electron chi connectivity index (χ0n) is 11.4. The van der Waals surface area contributed by atoms with Crippen LogP contribution in [0.2, 0.25) is 0 Å². The van der Waals surface area contributed by atoms with E-state index in [0.717, 1.165) is 42.1 Å². The highest BCUT2D eigenvalue weighted by Crippen LogP contribution is 2.22. The molecule has 0 spiro atoms. The molecule has 2 aromatic heterocycles. The van der Waals surface area contributed by atoms with E-state index < -0.39 is 0 Å². The molecule has 0 radical (unpaired) electrons. The number of aromatic nitrogens is 3. The van der Waals surface area contributed by atoms with Crippen LogP contribution in [0.15, 0.2) is 6.20 Å². The molecule has 0 saturated carbocycles. The number of aldehydes is 1. The summed E-state index contributed by atoms with van der Waals surface area (Å²) in [5, 5.41) is 4.60. The summed E-state index contributed by atoms with van der Waals surface area (Å²) in [7, 11) is 0. The normalized spacial score (nSPS) is 16.0. The largest absolute Gasteiger partial charge is 0.340 e. The highest BCUT2D eigenvalue weighted by atomic mass is 16.1. The van der Waals surface area contributed by atoms with E-state index in [0.29, 0.717) is 5.56 Å². The monoisotopic (exact) mass is 258 g/mol. The van der Waals surface area contributed by atoms with E-state index in [-0.39, 0.29) is 0 Å². The number of nitrogens with zero attached hydrogens (tertiary/aromatic N) is 4. The number of hydrogen-bond acceptors (Lipinski definition) is 4. The van der Waals surface area contributed by atoms with Crippen LogP contribution in [0.25, 0.3) is 5.52 Å². The first kappa shape index (κ1) is 12.1. The van der Waals surface area contributed by atoms with Gasteiger partial charge in [0.15, 0.2) is 6.29 Å². The Bertz CT molecular complexity index is 626. The molecule has 0 bridgehead atoms. The number of anilines is 1. The predicted octanol–water partition coefficient (Wildman–Crippen LogP) is 2.15. The van der Waals surface area contributed by atoms with Crippen molar-refractivity contribution >= 4 is 17.8 Å². The minimum atomic E-state index is 0.697. The van der Waals surface area contributed by atoms with Gasteiger partial charge in [-0.25, -0.2) is 9.50 Å². The summed E-state index contributed by atoms with van der Waals surface area (Å²) in [6.45, 7) is 5.98. The Labute approximate surface area is 112 Å². The van der Waals surface area contributed by atoms with Crippen molar-refractivity contribution in [3.05, 3.63) is 23.0 Å². The van der Waals surface area contributed by atoms with Gasteiger partial charge in [0.25, 0.3) is 0 Å². The maximum absolute atomic E-state index is 11.2. The van der Waals surface area contributed by atoms with Gasteiger partial charge in [-0.1, -0.05) is 0 Å². The van der Waals surface area contributed by atoms with Crippen LogP contribution in [0.5, 0.6) is 0 Å². The van der Waals surface area contributed by atoms with Crippen LogP contribution >= 0.6 is 0 Å². The Morgan fingerprint density at radius 3 is 2.63 bits per heavy atom. The second-order valence-electron chi connectivity index (χ2n) is 5.14. The standard InChI is InChI=1S/C14H18N4O/c1-10-11(2)18-13(12(10)9-19)8-15-14(16-18)17-6-4-3-5-7-17/h8-9H,3-7H2,1-2H3. The highest BCUT2D eigenvalue weighted by Gasteiger charge is 2.17. The number of fused-ring (bicyclic) bond motifs is 1. The van der Waals surface area contributed by atoms with Crippen LogP contribution < -0.4 is 4.90 Å². The van der Waals surface area contributed by atoms with Crippen molar-refractivity contribution in [2.24, 2.45) is 0 Å². The van der Waals surface area contributed by atoms with E-state index in [1.54, 1.807) is 6.20 Å². The lowest BCUT2D eigenvalue weighted by molar-refractivity contribution is 0.112. The molecular weight excluding hydrogens is 240 g/mol. The lowest BCUT2D eigenvalue weighted by Gasteiger charge is -2.26. The zero-order chi connectivity index (χ0) is 13.4. The molecule has 1 aliphatic heterocycles. The molecule has 19 heavy (non-hydrogen) atoms. The van der Waals surface area contributed by atoms with E-state index in [9.17, 15) is 4.79 Å². The number of carbonyl (C=O) groups is 1. The first-order valence-electron chi connectivity index (χ1n) is 6.77. The first-order valence-corrected chi connectivity index (χ1v) is 6.77. The van der Waals surface area contributed by atoms with Crippen LogP contribution in [0, 0.1) is 13.8 Å². The molecule has 1 saturated heterocycles. The fourth-order valence-electron chi connectivity index (χ4n) is 2.72. The Balaban J connectivity index is 2.10. The zero-order valence-corrected chi connectivity index (χ0v) is 11.4. The van der Waals surface area contributed by atoms with Gasteiger partial charge in [0.05, 0.1) is 11.7 Å². The number of rotatable bonds is 2. The van der Waals surface area contributed by atoms with Gasteiger partial charge in [0.1, 0.15) is 0 Å². The van der Waals surface area contributed by atoms with Crippen molar-refractivity contribution in [3.8, 4) is 0 Å². The van der Waals surface area contributed by atoms with Crippen LogP contribution in [0.1, 0.15) is 40.9 Å². The lowest BCUT2D eigenvalue weighted by Crippen LogP contribution is -2.31. The van der Waals surface area contributed by atoms with Gasteiger partial charge in [0, 0.05) is 24.3 Å². The fourth-order valence-corrected chi connectivity index (χ4v) is 2.72. The molecule has 0 unspecified atom stereocenters. The van der Waals surface area contributed by atoms with Crippen molar-refractivity contribution in [1.29, 1.82) is 0 Å². The van der Waals surface area contributed by atoms with Gasteiger partial charge in [-0.05, 0) is 38.7 Å². The van der Waals surface area contributed by atoms with E-state index in [1.165, 1.54) is 19.3 Å². The van der Waals surface area contributed by atoms with Crippen LogP contribution in [-0.2, 0) is 0 Å². The topological polar surface area (TPSA) is 50.5 Å². The summed E-state index contributed by atoms with van der Waals surface area (Å²) in [4.78, 5) is 17.8. The number of hydrogen-bond donors (Lipinski definition) is 0. The van der Waals surface area contributed by atoms with Gasteiger partial charge in [-0.3, -0.25) is 4.79 Å². The van der Waals surface area contributed by atoms with Crippen molar-refractivity contribution < 1.29 is 4.79 Å². The Morgan fingerprint density at radius 2 is 1.95 bits per heavy atom. The van der Waals surface area contributed by atoms with E-state index in [4.69, 9.17) is 0 Å². The maximum atomic E-state index is 11.2. The van der Waals surface area contributed by atoms with Gasteiger partial charge < -0.3 is 4.90 Å². The molecule has 1 aliphatic rings. The molecule has 5 nitrogen and oxygen atoms in total. The summed E-state index contributed by atoms with van der Waals surface area (Å²) in [5.74, 6) is 0.766. The van der Waals surface area contributed by atoms with Crippen LogP contribution in [0.3, 0.4) is 0 Å². The van der Waals surface area contributed by atoms with E-state index in [1.807, 2.05) is 18.4 Å². The van der Waals surface area contributed by atoms with Crippen molar-refractivity contribution in [3.63, 3.8) is 0 Å². The molecule has 0 atom stereocenters. The Kier molecular flexibility index (Phi) is 2.97. The number of piperidine rings is 1. The molecule has 100 valence electrons. The quantitative estimate of drug-likeness (QED) is 0.774. The first-order chi connectivity index (χ1) is 9.22. The number of aryl methyl sites for hydroxylation is 1. The molecule has 3 rings (SSSR count). The van der Waals surface area contributed by atoms with Gasteiger partial charge >= 0.3 is 0 Å². The van der Waals surface area contributed by atoms with Crippen molar-refractivity contribution in [1.82, 2.24) is 14.6 Å². The van der Waals surface area contributed by atoms with Gasteiger partial charge in [-0.15, -0.1) is 5.10 Å². The van der Waals surface area contributed by atoms with Gasteiger partial charge in [0.2, 0.25) is 5.95 Å². The third-order valence-electron chi connectivity index (χ3n) is 4.02. The second-order valence-corrected chi connectivity index (χ2v) is 5.14. The molecule has 3 heterocycles. The summed E-state index contributed by atoms with van der Waals surface area (Å²) in [6.07, 6.45) is 6.34. The summed E-state index contributed by atoms with van der Waals surface area (Å²) < 4.78 is 1.84. The minimum absolute atomic E-state index is 0.697. The summed E-state index contributed by atoms with van der Waals surface area (Å²) in [6, 6.07) is 0. The van der Waals surface area contributed by atoms with E-state index >= 15 is 0 Å². The average Bonchev–Trinajstić information content (AvgIpc) is 2.71. The van der Waals surface area contributed by atoms with E-state index in [2.05, 4.69) is 15.0 Å². The molecule has 0 amide bonds. The molecule has 5 heteroatoms. The molecule has 2 aromatic rings. The smallest absolute Gasteiger partial charge is 0.243 e. The van der Waals surface area contributed by atoms with Crippen molar-refractivity contribution in [2.75, 3.05) is 18.0 Å². The van der Waals surface area contributed by atoms with Crippen molar-refractivity contribution in [2.45, 2.75) is 33.1 Å². The summed E-state index contributed by atoms with van der Waals surface area (Å²) >= 11 is 0. The second kappa shape index (κ2) is 4.64. The molecular formula is C14H18N4O. The number of carbonyl (C=O) groups excluding carboxylic acids is 1. The Morgan fingerprint density at radius 1 is 1.21 bits per heavy atom. The third-order valence-corrected chi connectivity index (χ3v) is 4.02. The predicted molar refractivity (Wildman–Crippen MR) is 73.9 cm³/mol. The van der Waals surface area contributed by atoms with Gasteiger partial charge in [-0.2, -0.15) is 0 Å². The minimum Gasteiger partial charge on any atom is -0.340 e. The SMILES string of the molecule is Cc1c(C=O)c2cnc(N3CCCCC3)nn2c1C. The Hall–Kier alpha value is -1.91. The maximum Gasteiger partial charge on any atom is 0.243 e.